The lowest BCUT2D eigenvalue weighted by Crippen LogP contribution is -2.60. The van der Waals surface area contributed by atoms with Crippen molar-refractivity contribution >= 4 is 28.9 Å². The molecule has 43 heavy (non-hydrogen) atoms. The summed E-state index contributed by atoms with van der Waals surface area (Å²) in [4.78, 5) is 51.5. The molecule has 1 aromatic rings. The molecular weight excluding hydrogens is 544 g/mol. The number of aryl methyl sites for hydroxylation is 2. The van der Waals surface area contributed by atoms with E-state index in [9.17, 15) is 29.4 Å². The zero-order valence-corrected chi connectivity index (χ0v) is 26.8. The Balaban J connectivity index is 0.000000217. The van der Waals surface area contributed by atoms with Gasteiger partial charge in [0.1, 0.15) is 18.0 Å². The Morgan fingerprint density at radius 3 is 2.28 bits per heavy atom. The van der Waals surface area contributed by atoms with Crippen LogP contribution >= 0.6 is 0 Å². The minimum atomic E-state index is -1.60. The first-order valence-corrected chi connectivity index (χ1v) is 16.0. The highest BCUT2D eigenvalue weighted by molar-refractivity contribution is 5.95. The Morgan fingerprint density at radius 1 is 1.02 bits per heavy atom. The van der Waals surface area contributed by atoms with Crippen molar-refractivity contribution < 1.29 is 29.4 Å². The smallest absolute Gasteiger partial charge is 0.238 e. The number of ketones is 3. The number of rotatable bonds is 7. The summed E-state index contributed by atoms with van der Waals surface area (Å²) >= 11 is 0. The number of anilines is 1. The number of allylic oxidation sites excluding steroid dienone is 1. The molecule has 5 rings (SSSR count). The summed E-state index contributed by atoms with van der Waals surface area (Å²) < 4.78 is 0. The highest BCUT2D eigenvalue weighted by Crippen LogP contribution is 2.66. The number of carbonyl (C=O) groups excluding carboxylic acids is 4. The van der Waals surface area contributed by atoms with Crippen LogP contribution in [0.2, 0.25) is 0 Å². The molecule has 0 aliphatic heterocycles. The van der Waals surface area contributed by atoms with E-state index in [4.69, 9.17) is 0 Å². The summed E-state index contributed by atoms with van der Waals surface area (Å²) in [6, 6.07) is 6.03. The van der Waals surface area contributed by atoms with E-state index in [1.165, 1.54) is 0 Å². The molecule has 8 heteroatoms. The van der Waals surface area contributed by atoms with Gasteiger partial charge >= 0.3 is 0 Å². The van der Waals surface area contributed by atoms with E-state index < -0.39 is 23.4 Å². The van der Waals surface area contributed by atoms with E-state index in [-0.39, 0.29) is 47.1 Å². The van der Waals surface area contributed by atoms with Crippen molar-refractivity contribution in [3.05, 3.63) is 41.0 Å². The van der Waals surface area contributed by atoms with Crippen LogP contribution in [-0.2, 0) is 19.2 Å². The van der Waals surface area contributed by atoms with Gasteiger partial charge in [-0.15, -0.1) is 0 Å². The zero-order valence-electron chi connectivity index (χ0n) is 26.8. The number of carbonyl (C=O) groups is 4. The molecule has 236 valence electrons. The van der Waals surface area contributed by atoms with E-state index in [0.717, 1.165) is 48.3 Å². The maximum absolute atomic E-state index is 13.3. The third-order valence-electron chi connectivity index (χ3n) is 11.4. The highest BCUT2D eigenvalue weighted by atomic mass is 16.3. The van der Waals surface area contributed by atoms with Crippen LogP contribution in [0.3, 0.4) is 0 Å². The summed E-state index contributed by atoms with van der Waals surface area (Å²) in [5, 5.41) is 23.5. The van der Waals surface area contributed by atoms with E-state index in [0.29, 0.717) is 32.2 Å². The van der Waals surface area contributed by atoms with Crippen molar-refractivity contribution in [2.24, 2.45) is 28.6 Å². The molecule has 4 aliphatic rings. The number of amides is 1. The number of likely N-dealkylation sites (N-methyl/N-ethyl adjacent to an activating group) is 1. The fourth-order valence-electron chi connectivity index (χ4n) is 8.82. The second kappa shape index (κ2) is 12.7. The van der Waals surface area contributed by atoms with Gasteiger partial charge in [0, 0.05) is 29.9 Å². The average Bonchev–Trinajstić information content (AvgIpc) is 3.24. The lowest BCUT2D eigenvalue weighted by atomic mass is 9.46. The Kier molecular flexibility index (Phi) is 9.84. The van der Waals surface area contributed by atoms with Crippen molar-refractivity contribution in [1.82, 2.24) is 4.90 Å². The van der Waals surface area contributed by atoms with Crippen molar-refractivity contribution in [3.8, 4) is 0 Å². The molecule has 8 nitrogen and oxygen atoms in total. The van der Waals surface area contributed by atoms with Gasteiger partial charge < -0.3 is 15.5 Å². The first-order chi connectivity index (χ1) is 20.2. The van der Waals surface area contributed by atoms with Gasteiger partial charge in [-0.25, -0.2) is 0 Å². The molecular formula is C35H50N2O6. The predicted octanol–water partition coefficient (Wildman–Crippen LogP) is 4.57. The number of benzene rings is 1. The quantitative estimate of drug-likeness (QED) is 0.422. The first-order valence-electron chi connectivity index (χ1n) is 16.0. The summed E-state index contributed by atoms with van der Waals surface area (Å²) in [6.07, 6.45) is 5.83. The van der Waals surface area contributed by atoms with E-state index in [1.807, 2.05) is 39.0 Å². The molecule has 0 heterocycles. The topological polar surface area (TPSA) is 124 Å². The van der Waals surface area contributed by atoms with Crippen molar-refractivity contribution in [2.45, 2.75) is 92.1 Å². The normalized spacial score (nSPS) is 33.0. The molecule has 0 bridgehead atoms. The minimum absolute atomic E-state index is 0.0612. The van der Waals surface area contributed by atoms with Gasteiger partial charge in [0.05, 0.1) is 6.54 Å². The number of Topliss-reactive ketones (excluding diaryl/α,β-unsaturated/α-hetero) is 2. The molecule has 3 saturated carbocycles. The van der Waals surface area contributed by atoms with Crippen LogP contribution in [0.5, 0.6) is 0 Å². The standard InChI is InChI=1S/C21H28O5.C14H22N2O/c1-19-7-5-13(23)9-12(19)3-4-14-15-6-8-21(26,17(25)11-22)20(15,2)10-16(24)18(14)19;1-5-16(6-2)10-13(17)15-14-11(3)8-7-9-12(14)4/h9,14-15,18,22,26H,3-8,10-11H2,1-2H3;7-9H,5-6,10H2,1-4H3,(H,15,17)/t14-,15-,18+,19-,20-,21-;/m0./s1. The van der Waals surface area contributed by atoms with Crippen LogP contribution in [0.4, 0.5) is 5.69 Å². The van der Waals surface area contributed by atoms with Crippen LogP contribution in [0.15, 0.2) is 29.8 Å². The minimum Gasteiger partial charge on any atom is -0.388 e. The van der Waals surface area contributed by atoms with Crippen LogP contribution in [-0.4, -0.2) is 70.2 Å². The SMILES string of the molecule is CCN(CC)CC(=O)Nc1c(C)cccc1C.C[C@]12CCC(=O)C=C1CC[C@@H]1[C@@H]2C(=O)C[C@@]2(C)[C@H]1CC[C@]2(O)C(=O)CO. The fraction of sp³-hybridized carbons (Fsp3) is 0.657. The van der Waals surface area contributed by atoms with Gasteiger partial charge in [-0.3, -0.25) is 24.1 Å². The fourth-order valence-corrected chi connectivity index (χ4v) is 8.82. The Labute approximate surface area is 256 Å². The number of nitrogens with zero attached hydrogens (tertiary/aromatic N) is 1. The van der Waals surface area contributed by atoms with E-state index in [2.05, 4.69) is 31.0 Å². The maximum Gasteiger partial charge on any atom is 0.238 e. The Bertz CT molecular complexity index is 1280. The van der Waals surface area contributed by atoms with Gasteiger partial charge in [-0.05, 0) is 93.5 Å². The molecule has 3 fully saturated rings. The number of para-hydroxylation sites is 1. The second-order valence-corrected chi connectivity index (χ2v) is 13.7. The molecule has 0 unspecified atom stereocenters. The van der Waals surface area contributed by atoms with Gasteiger partial charge in [-0.2, -0.15) is 0 Å². The lowest BCUT2D eigenvalue weighted by molar-refractivity contribution is -0.170. The molecule has 3 N–H and O–H groups in total. The summed E-state index contributed by atoms with van der Waals surface area (Å²) in [6.45, 7) is 13.7. The van der Waals surface area contributed by atoms with Gasteiger partial charge in [0.25, 0.3) is 0 Å². The third kappa shape index (κ3) is 5.90. The van der Waals surface area contributed by atoms with E-state index >= 15 is 0 Å². The zero-order chi connectivity index (χ0) is 31.7. The molecule has 0 radical (unpaired) electrons. The molecule has 6 atom stereocenters. The largest absolute Gasteiger partial charge is 0.388 e. The Hall–Kier alpha value is -2.68. The van der Waals surface area contributed by atoms with Crippen molar-refractivity contribution in [1.29, 1.82) is 0 Å². The predicted molar refractivity (Wildman–Crippen MR) is 166 cm³/mol. The molecule has 0 spiro atoms. The van der Waals surface area contributed by atoms with E-state index in [1.54, 1.807) is 6.08 Å². The number of aliphatic hydroxyl groups excluding tert-OH is 1. The summed E-state index contributed by atoms with van der Waals surface area (Å²) in [5.74, 6) is -0.111. The monoisotopic (exact) mass is 594 g/mol. The summed E-state index contributed by atoms with van der Waals surface area (Å²) in [7, 11) is 0. The van der Waals surface area contributed by atoms with Gasteiger partial charge in [0.2, 0.25) is 5.91 Å². The highest BCUT2D eigenvalue weighted by Gasteiger charge is 2.68. The average molecular weight is 595 g/mol. The molecule has 4 aliphatic carbocycles. The number of hydrogen-bond donors (Lipinski definition) is 3. The number of aliphatic hydroxyl groups is 2. The Morgan fingerprint density at radius 2 is 1.67 bits per heavy atom. The number of fused-ring (bicyclic) bond motifs is 5. The molecule has 1 amide bonds. The lowest BCUT2D eigenvalue weighted by Gasteiger charge is -2.57. The van der Waals surface area contributed by atoms with Crippen molar-refractivity contribution in [2.75, 3.05) is 31.6 Å². The molecule has 0 aromatic heterocycles. The third-order valence-corrected chi connectivity index (χ3v) is 11.4. The van der Waals surface area contributed by atoms with Crippen LogP contribution in [0, 0.1) is 42.4 Å². The first kappa shape index (κ1) is 33.2. The van der Waals surface area contributed by atoms with Crippen LogP contribution in [0.1, 0.15) is 83.8 Å². The van der Waals surface area contributed by atoms with Gasteiger partial charge in [-0.1, -0.05) is 51.5 Å². The van der Waals surface area contributed by atoms with Crippen LogP contribution < -0.4 is 5.32 Å². The maximum atomic E-state index is 13.3. The number of nitrogens with one attached hydrogen (secondary N) is 1. The second-order valence-electron chi connectivity index (χ2n) is 13.7. The van der Waals surface area contributed by atoms with Crippen molar-refractivity contribution in [3.63, 3.8) is 0 Å². The van der Waals surface area contributed by atoms with Gasteiger partial charge in [0.15, 0.2) is 11.6 Å². The summed E-state index contributed by atoms with van der Waals surface area (Å²) in [5.41, 5.74) is 1.61. The molecule has 0 saturated heterocycles. The molecule has 1 aromatic carbocycles. The van der Waals surface area contributed by atoms with Crippen LogP contribution in [0.25, 0.3) is 0 Å². The number of hydrogen-bond acceptors (Lipinski definition) is 7.